The molecule has 0 aromatic heterocycles. The van der Waals surface area contributed by atoms with E-state index in [1.54, 1.807) is 7.05 Å². The Morgan fingerprint density at radius 2 is 1.72 bits per heavy atom. The van der Waals surface area contributed by atoms with Gasteiger partial charge in [0.2, 0.25) is 17.7 Å². The van der Waals surface area contributed by atoms with Gasteiger partial charge >= 0.3 is 0 Å². The molecule has 2 fully saturated rings. The molecule has 0 radical (unpaired) electrons. The Morgan fingerprint density at radius 1 is 1.17 bits per heavy atom. The van der Waals surface area contributed by atoms with Gasteiger partial charge in [-0.3, -0.25) is 19.3 Å². The Hall–Kier alpha value is -1.39. The lowest BCUT2D eigenvalue weighted by Crippen LogP contribution is -2.37. The molecule has 3 amide bonds. The molecule has 0 atom stereocenters. The molecule has 1 heterocycles. The van der Waals surface area contributed by atoms with Crippen LogP contribution >= 0.6 is 0 Å². The molecular weight excluding hydrogens is 232 g/mol. The first-order valence-electron chi connectivity index (χ1n) is 6.66. The van der Waals surface area contributed by atoms with Gasteiger partial charge in [0.15, 0.2) is 0 Å². The third-order valence-corrected chi connectivity index (χ3v) is 4.06. The molecule has 5 nitrogen and oxygen atoms in total. The Morgan fingerprint density at radius 3 is 2.22 bits per heavy atom. The van der Waals surface area contributed by atoms with Crippen LogP contribution in [-0.2, 0) is 14.4 Å². The summed E-state index contributed by atoms with van der Waals surface area (Å²) in [7, 11) is 1.66. The summed E-state index contributed by atoms with van der Waals surface area (Å²) in [5.41, 5.74) is 0. The average Bonchev–Trinajstić information content (AvgIpc) is 2.70. The normalized spacial score (nSPS) is 28.6. The number of amides is 3. The highest BCUT2D eigenvalue weighted by molar-refractivity contribution is 6.01. The highest BCUT2D eigenvalue weighted by Gasteiger charge is 2.33. The number of carbonyl (C=O) groups excluding carboxylic acids is 3. The number of nitrogens with one attached hydrogen (secondary N) is 1. The van der Waals surface area contributed by atoms with Crippen LogP contribution in [0.2, 0.25) is 0 Å². The van der Waals surface area contributed by atoms with Crippen LogP contribution in [0.25, 0.3) is 0 Å². The third kappa shape index (κ3) is 2.71. The topological polar surface area (TPSA) is 66.5 Å². The number of imide groups is 1. The fourth-order valence-electron chi connectivity index (χ4n) is 2.90. The van der Waals surface area contributed by atoms with Gasteiger partial charge in [-0.25, -0.2) is 0 Å². The zero-order valence-electron chi connectivity index (χ0n) is 10.8. The fourth-order valence-corrected chi connectivity index (χ4v) is 2.90. The van der Waals surface area contributed by atoms with Crippen LogP contribution < -0.4 is 5.32 Å². The molecule has 1 aliphatic carbocycles. The van der Waals surface area contributed by atoms with Crippen molar-refractivity contribution >= 4 is 17.7 Å². The quantitative estimate of drug-likeness (QED) is 0.751. The second-order valence-electron chi connectivity index (χ2n) is 5.23. The van der Waals surface area contributed by atoms with Crippen LogP contribution in [0.1, 0.15) is 38.5 Å². The van der Waals surface area contributed by atoms with Gasteiger partial charge in [-0.1, -0.05) is 0 Å². The van der Waals surface area contributed by atoms with Crippen LogP contribution in [0.5, 0.6) is 0 Å². The standard InChI is InChI=1S/C13H20N2O3/c1-14-13(18)10-4-2-9(3-5-10)8-15-11(16)6-7-12(15)17/h9-10H,2-8H2,1H3,(H,14,18). The van der Waals surface area contributed by atoms with Gasteiger partial charge in [0.25, 0.3) is 0 Å². The van der Waals surface area contributed by atoms with Gasteiger partial charge in [-0.15, -0.1) is 0 Å². The summed E-state index contributed by atoms with van der Waals surface area (Å²) in [5, 5.41) is 2.68. The number of hydrogen-bond donors (Lipinski definition) is 1. The van der Waals surface area contributed by atoms with Crippen LogP contribution in [0.3, 0.4) is 0 Å². The van der Waals surface area contributed by atoms with E-state index < -0.39 is 0 Å². The summed E-state index contributed by atoms with van der Waals surface area (Å²) >= 11 is 0. The van der Waals surface area contributed by atoms with Crippen molar-refractivity contribution in [1.29, 1.82) is 0 Å². The summed E-state index contributed by atoms with van der Waals surface area (Å²) in [6, 6.07) is 0. The fraction of sp³-hybridized carbons (Fsp3) is 0.769. The van der Waals surface area contributed by atoms with Gasteiger partial charge in [0.1, 0.15) is 0 Å². The van der Waals surface area contributed by atoms with Crippen LogP contribution in [0, 0.1) is 11.8 Å². The Kier molecular flexibility index (Phi) is 3.99. The summed E-state index contributed by atoms with van der Waals surface area (Å²) in [5.74, 6) is 0.525. The van der Waals surface area contributed by atoms with Gasteiger partial charge in [-0.05, 0) is 31.6 Å². The zero-order valence-corrected chi connectivity index (χ0v) is 10.8. The lowest BCUT2D eigenvalue weighted by molar-refractivity contribution is -0.139. The van der Waals surface area contributed by atoms with Crippen molar-refractivity contribution in [2.45, 2.75) is 38.5 Å². The molecular formula is C13H20N2O3. The highest BCUT2D eigenvalue weighted by atomic mass is 16.2. The van der Waals surface area contributed by atoms with Gasteiger partial charge in [0, 0.05) is 32.4 Å². The zero-order chi connectivity index (χ0) is 13.1. The third-order valence-electron chi connectivity index (χ3n) is 4.06. The van der Waals surface area contributed by atoms with E-state index in [0.29, 0.717) is 25.3 Å². The number of carbonyl (C=O) groups is 3. The Labute approximate surface area is 107 Å². The summed E-state index contributed by atoms with van der Waals surface area (Å²) in [6.45, 7) is 0.554. The Balaban J connectivity index is 1.82. The van der Waals surface area contributed by atoms with E-state index in [1.165, 1.54) is 4.90 Å². The van der Waals surface area contributed by atoms with E-state index >= 15 is 0 Å². The lowest BCUT2D eigenvalue weighted by Gasteiger charge is -2.29. The monoisotopic (exact) mass is 252 g/mol. The first-order valence-corrected chi connectivity index (χ1v) is 6.66. The minimum atomic E-state index is -0.0339. The van der Waals surface area contributed by atoms with Crippen molar-refractivity contribution in [2.75, 3.05) is 13.6 Å². The molecule has 1 aliphatic heterocycles. The van der Waals surface area contributed by atoms with Gasteiger partial charge < -0.3 is 5.32 Å². The van der Waals surface area contributed by atoms with E-state index in [0.717, 1.165) is 25.7 Å². The number of nitrogens with zero attached hydrogens (tertiary/aromatic N) is 1. The second-order valence-corrected chi connectivity index (χ2v) is 5.23. The van der Waals surface area contributed by atoms with E-state index in [-0.39, 0.29) is 23.6 Å². The van der Waals surface area contributed by atoms with Crippen molar-refractivity contribution in [2.24, 2.45) is 11.8 Å². The smallest absolute Gasteiger partial charge is 0.229 e. The second kappa shape index (κ2) is 5.50. The van der Waals surface area contributed by atoms with Gasteiger partial charge in [-0.2, -0.15) is 0 Å². The molecule has 0 spiro atoms. The van der Waals surface area contributed by atoms with Crippen LogP contribution in [0.4, 0.5) is 0 Å². The lowest BCUT2D eigenvalue weighted by atomic mass is 9.81. The maximum atomic E-state index is 11.5. The summed E-state index contributed by atoms with van der Waals surface area (Å²) in [6.07, 6.45) is 4.31. The molecule has 0 bridgehead atoms. The predicted octanol–water partition coefficient (Wildman–Crippen LogP) is 0.688. The molecule has 18 heavy (non-hydrogen) atoms. The molecule has 0 aromatic carbocycles. The SMILES string of the molecule is CNC(=O)C1CCC(CN2C(=O)CCC2=O)CC1. The predicted molar refractivity (Wildman–Crippen MR) is 65.5 cm³/mol. The summed E-state index contributed by atoms with van der Waals surface area (Å²) in [4.78, 5) is 35.9. The number of likely N-dealkylation sites (tertiary alicyclic amines) is 1. The van der Waals surface area contributed by atoms with Crippen molar-refractivity contribution in [3.63, 3.8) is 0 Å². The number of rotatable bonds is 3. The van der Waals surface area contributed by atoms with Crippen LogP contribution in [-0.4, -0.2) is 36.2 Å². The van der Waals surface area contributed by atoms with Crippen molar-refractivity contribution < 1.29 is 14.4 Å². The average molecular weight is 252 g/mol. The summed E-state index contributed by atoms with van der Waals surface area (Å²) < 4.78 is 0. The molecule has 1 N–H and O–H groups in total. The van der Waals surface area contributed by atoms with E-state index in [1.807, 2.05) is 0 Å². The first kappa shape index (κ1) is 13.1. The van der Waals surface area contributed by atoms with Crippen molar-refractivity contribution in [3.05, 3.63) is 0 Å². The Bertz CT molecular complexity index is 343. The van der Waals surface area contributed by atoms with Gasteiger partial charge in [0.05, 0.1) is 0 Å². The minimum Gasteiger partial charge on any atom is -0.359 e. The molecule has 0 unspecified atom stereocenters. The molecule has 5 heteroatoms. The molecule has 1 saturated carbocycles. The molecule has 1 saturated heterocycles. The van der Waals surface area contributed by atoms with Crippen LogP contribution in [0.15, 0.2) is 0 Å². The van der Waals surface area contributed by atoms with Crippen molar-refractivity contribution in [1.82, 2.24) is 10.2 Å². The van der Waals surface area contributed by atoms with E-state index in [4.69, 9.17) is 0 Å². The number of hydrogen-bond acceptors (Lipinski definition) is 3. The van der Waals surface area contributed by atoms with E-state index in [9.17, 15) is 14.4 Å². The highest BCUT2D eigenvalue weighted by Crippen LogP contribution is 2.30. The first-order chi connectivity index (χ1) is 8.61. The maximum Gasteiger partial charge on any atom is 0.229 e. The van der Waals surface area contributed by atoms with E-state index in [2.05, 4.69) is 5.32 Å². The maximum absolute atomic E-state index is 11.5. The van der Waals surface area contributed by atoms with Crippen molar-refractivity contribution in [3.8, 4) is 0 Å². The minimum absolute atomic E-state index is 0.0339. The molecule has 2 aliphatic rings. The molecule has 0 aromatic rings. The largest absolute Gasteiger partial charge is 0.359 e. The molecule has 100 valence electrons. The molecule has 2 rings (SSSR count).